The van der Waals surface area contributed by atoms with E-state index >= 15 is 0 Å². The van der Waals surface area contributed by atoms with Crippen molar-refractivity contribution in [1.29, 1.82) is 0 Å². The van der Waals surface area contributed by atoms with Crippen molar-refractivity contribution in [3.8, 4) is 0 Å². The van der Waals surface area contributed by atoms with E-state index in [-0.39, 0.29) is 5.54 Å². The van der Waals surface area contributed by atoms with Gasteiger partial charge in [0, 0.05) is 24.7 Å². The summed E-state index contributed by atoms with van der Waals surface area (Å²) < 4.78 is 5.53. The maximum absolute atomic E-state index is 5.53. The molecule has 1 aliphatic heterocycles. The molecule has 1 atom stereocenters. The van der Waals surface area contributed by atoms with Crippen molar-refractivity contribution >= 4 is 0 Å². The minimum atomic E-state index is 0.183. The van der Waals surface area contributed by atoms with E-state index in [2.05, 4.69) is 45.0 Å². The van der Waals surface area contributed by atoms with Gasteiger partial charge in [0.05, 0.1) is 13.2 Å². The molecular weight excluding hydrogens is 188 g/mol. The molecular formula is C12H26N2O. The lowest BCUT2D eigenvalue weighted by atomic mass is 9.98. The van der Waals surface area contributed by atoms with Crippen molar-refractivity contribution in [2.24, 2.45) is 5.92 Å². The average molecular weight is 214 g/mol. The minimum absolute atomic E-state index is 0.183. The van der Waals surface area contributed by atoms with Crippen LogP contribution >= 0.6 is 0 Å². The summed E-state index contributed by atoms with van der Waals surface area (Å²) in [6.07, 6.45) is 0. The minimum Gasteiger partial charge on any atom is -0.378 e. The van der Waals surface area contributed by atoms with Crippen molar-refractivity contribution in [1.82, 2.24) is 10.2 Å². The molecule has 1 fully saturated rings. The quantitative estimate of drug-likeness (QED) is 0.764. The van der Waals surface area contributed by atoms with Crippen LogP contribution in [0.5, 0.6) is 0 Å². The lowest BCUT2D eigenvalue weighted by Gasteiger charge is -2.44. The Kier molecular flexibility index (Phi) is 4.56. The average Bonchev–Trinajstić information content (AvgIpc) is 2.15. The van der Waals surface area contributed by atoms with Crippen molar-refractivity contribution in [2.45, 2.75) is 39.3 Å². The molecule has 1 heterocycles. The second-order valence-electron chi connectivity index (χ2n) is 5.45. The van der Waals surface area contributed by atoms with E-state index in [0.29, 0.717) is 12.0 Å². The van der Waals surface area contributed by atoms with Crippen LogP contribution in [0.1, 0.15) is 27.7 Å². The lowest BCUT2D eigenvalue weighted by molar-refractivity contribution is -0.0559. The van der Waals surface area contributed by atoms with Crippen molar-refractivity contribution in [3.05, 3.63) is 0 Å². The van der Waals surface area contributed by atoms with Crippen LogP contribution in [0.2, 0.25) is 0 Å². The van der Waals surface area contributed by atoms with Crippen molar-refractivity contribution < 1.29 is 4.74 Å². The molecule has 0 bridgehead atoms. The number of nitrogens with zero attached hydrogens (tertiary/aromatic N) is 1. The molecule has 3 nitrogen and oxygen atoms in total. The van der Waals surface area contributed by atoms with Crippen LogP contribution in [0.4, 0.5) is 0 Å². The molecule has 3 heteroatoms. The molecule has 0 saturated carbocycles. The summed E-state index contributed by atoms with van der Waals surface area (Å²) >= 11 is 0. The highest BCUT2D eigenvalue weighted by Crippen LogP contribution is 2.20. The van der Waals surface area contributed by atoms with E-state index in [4.69, 9.17) is 4.74 Å². The third-order valence-electron chi connectivity index (χ3n) is 3.41. The zero-order valence-electron chi connectivity index (χ0n) is 10.8. The SMILES string of the molecule is CNC(CN1CCOCC1(C)C)C(C)C. The summed E-state index contributed by atoms with van der Waals surface area (Å²) in [5.74, 6) is 0.675. The van der Waals surface area contributed by atoms with Gasteiger partial charge >= 0.3 is 0 Å². The van der Waals surface area contributed by atoms with Crippen molar-refractivity contribution in [3.63, 3.8) is 0 Å². The standard InChI is InChI=1S/C12H26N2O/c1-10(2)11(13-5)8-14-6-7-15-9-12(14,3)4/h10-11,13H,6-9H2,1-5H3. The fourth-order valence-electron chi connectivity index (χ4n) is 2.10. The predicted octanol–water partition coefficient (Wildman–Crippen LogP) is 1.34. The molecule has 0 aromatic carbocycles. The maximum atomic E-state index is 5.53. The molecule has 0 aromatic rings. The third-order valence-corrected chi connectivity index (χ3v) is 3.41. The molecule has 1 unspecified atom stereocenters. The molecule has 90 valence electrons. The zero-order valence-corrected chi connectivity index (χ0v) is 10.8. The summed E-state index contributed by atoms with van der Waals surface area (Å²) in [7, 11) is 2.05. The van der Waals surface area contributed by atoms with E-state index < -0.39 is 0 Å². The van der Waals surface area contributed by atoms with Crippen LogP contribution < -0.4 is 5.32 Å². The van der Waals surface area contributed by atoms with Gasteiger partial charge in [-0.25, -0.2) is 0 Å². The Morgan fingerprint density at radius 3 is 2.53 bits per heavy atom. The van der Waals surface area contributed by atoms with Crippen LogP contribution in [0.3, 0.4) is 0 Å². The fourth-order valence-corrected chi connectivity index (χ4v) is 2.10. The largest absolute Gasteiger partial charge is 0.378 e. The first-order valence-electron chi connectivity index (χ1n) is 5.97. The number of nitrogens with one attached hydrogen (secondary N) is 1. The summed E-state index contributed by atoms with van der Waals surface area (Å²) in [6, 6.07) is 0.572. The van der Waals surface area contributed by atoms with Gasteiger partial charge in [-0.15, -0.1) is 0 Å². The van der Waals surface area contributed by atoms with Crippen LogP contribution in [0, 0.1) is 5.92 Å². The van der Waals surface area contributed by atoms with Gasteiger partial charge in [0.1, 0.15) is 0 Å². The second-order valence-corrected chi connectivity index (χ2v) is 5.45. The first-order valence-corrected chi connectivity index (χ1v) is 5.97. The third kappa shape index (κ3) is 3.44. The molecule has 1 aliphatic rings. The van der Waals surface area contributed by atoms with E-state index in [9.17, 15) is 0 Å². The summed E-state index contributed by atoms with van der Waals surface area (Å²) in [5.41, 5.74) is 0.183. The summed E-state index contributed by atoms with van der Waals surface area (Å²) in [6.45, 7) is 13.0. The van der Waals surface area contributed by atoms with E-state index in [1.165, 1.54) is 0 Å². The predicted molar refractivity (Wildman–Crippen MR) is 64.2 cm³/mol. The van der Waals surface area contributed by atoms with Crippen molar-refractivity contribution in [2.75, 3.05) is 33.4 Å². The highest BCUT2D eigenvalue weighted by Gasteiger charge is 2.32. The normalized spacial score (nSPS) is 24.4. The Balaban J connectivity index is 2.54. The van der Waals surface area contributed by atoms with Gasteiger partial charge in [0.25, 0.3) is 0 Å². The monoisotopic (exact) mass is 214 g/mol. The molecule has 0 amide bonds. The maximum Gasteiger partial charge on any atom is 0.0645 e. The highest BCUT2D eigenvalue weighted by molar-refractivity contribution is 4.87. The lowest BCUT2D eigenvalue weighted by Crippen LogP contribution is -2.57. The van der Waals surface area contributed by atoms with Crippen LogP contribution in [-0.4, -0.2) is 49.8 Å². The molecule has 0 aliphatic carbocycles. The van der Waals surface area contributed by atoms with Crippen LogP contribution in [0.15, 0.2) is 0 Å². The van der Waals surface area contributed by atoms with Crippen LogP contribution in [-0.2, 0) is 4.74 Å². The Hall–Kier alpha value is -0.120. The number of likely N-dealkylation sites (N-methyl/N-ethyl adjacent to an activating group) is 1. The second kappa shape index (κ2) is 5.28. The van der Waals surface area contributed by atoms with Gasteiger partial charge in [-0.05, 0) is 26.8 Å². The summed E-state index contributed by atoms with van der Waals surface area (Å²) in [5, 5.41) is 3.40. The smallest absolute Gasteiger partial charge is 0.0645 e. The molecule has 1 saturated heterocycles. The number of rotatable bonds is 4. The van der Waals surface area contributed by atoms with E-state index in [1.807, 2.05) is 0 Å². The number of ether oxygens (including phenoxy) is 1. The topological polar surface area (TPSA) is 24.5 Å². The molecule has 15 heavy (non-hydrogen) atoms. The Bertz CT molecular complexity index is 192. The van der Waals surface area contributed by atoms with E-state index in [0.717, 1.165) is 26.3 Å². The molecule has 1 N–H and O–H groups in total. The van der Waals surface area contributed by atoms with Gasteiger partial charge < -0.3 is 10.1 Å². The van der Waals surface area contributed by atoms with Crippen LogP contribution in [0.25, 0.3) is 0 Å². The molecule has 0 radical (unpaired) electrons. The Morgan fingerprint density at radius 2 is 2.07 bits per heavy atom. The first-order chi connectivity index (χ1) is 6.97. The summed E-state index contributed by atoms with van der Waals surface area (Å²) in [4.78, 5) is 2.54. The highest BCUT2D eigenvalue weighted by atomic mass is 16.5. The van der Waals surface area contributed by atoms with Gasteiger partial charge in [0.15, 0.2) is 0 Å². The molecule has 0 aromatic heterocycles. The van der Waals surface area contributed by atoms with E-state index in [1.54, 1.807) is 0 Å². The van der Waals surface area contributed by atoms with Gasteiger partial charge in [0.2, 0.25) is 0 Å². The van der Waals surface area contributed by atoms with Gasteiger partial charge in [-0.1, -0.05) is 13.8 Å². The first kappa shape index (κ1) is 12.9. The Labute approximate surface area is 94.2 Å². The molecule has 0 spiro atoms. The number of morpholine rings is 1. The molecule has 1 rings (SSSR count). The van der Waals surface area contributed by atoms with Gasteiger partial charge in [-0.2, -0.15) is 0 Å². The Morgan fingerprint density at radius 1 is 1.40 bits per heavy atom. The number of hydrogen-bond acceptors (Lipinski definition) is 3. The fraction of sp³-hybridized carbons (Fsp3) is 1.00. The number of hydrogen-bond donors (Lipinski definition) is 1. The van der Waals surface area contributed by atoms with Gasteiger partial charge in [-0.3, -0.25) is 4.90 Å². The zero-order chi connectivity index (χ0) is 11.5.